The van der Waals surface area contributed by atoms with Gasteiger partial charge in [0.15, 0.2) is 16.6 Å². The molecule has 0 spiro atoms. The fourth-order valence-corrected chi connectivity index (χ4v) is 4.24. The normalized spacial score (nSPS) is 10.9. The summed E-state index contributed by atoms with van der Waals surface area (Å²) < 4.78 is 0.874. The average molecular weight is 445 g/mol. The van der Waals surface area contributed by atoms with E-state index in [1.807, 2.05) is 48.8 Å². The maximum absolute atomic E-state index is 6.08. The van der Waals surface area contributed by atoms with Gasteiger partial charge in [0.25, 0.3) is 0 Å². The number of hydrogen-bond acceptors (Lipinski definition) is 7. The van der Waals surface area contributed by atoms with Crippen LogP contribution in [0.4, 0.5) is 22.3 Å². The summed E-state index contributed by atoms with van der Waals surface area (Å²) in [5, 5.41) is 8.08. The summed E-state index contributed by atoms with van der Waals surface area (Å²) in [5.41, 5.74) is 4.94. The van der Waals surface area contributed by atoms with Crippen molar-refractivity contribution in [1.82, 2.24) is 19.9 Å². The van der Waals surface area contributed by atoms with Crippen molar-refractivity contribution >= 4 is 55.6 Å². The minimum Gasteiger partial charge on any atom is -0.339 e. The van der Waals surface area contributed by atoms with E-state index in [1.165, 1.54) is 28.8 Å². The van der Waals surface area contributed by atoms with Gasteiger partial charge in [0.1, 0.15) is 11.0 Å². The molecule has 3 aromatic heterocycles. The third-order valence-electron chi connectivity index (χ3n) is 4.64. The molecule has 0 bridgehead atoms. The lowest BCUT2D eigenvalue weighted by atomic mass is 10.1. The van der Waals surface area contributed by atoms with Gasteiger partial charge in [-0.2, -0.15) is 4.98 Å². The third kappa shape index (κ3) is 4.63. The van der Waals surface area contributed by atoms with Crippen LogP contribution in [-0.2, 0) is 6.42 Å². The summed E-state index contributed by atoms with van der Waals surface area (Å²) in [5.74, 6) is 0.700. The van der Waals surface area contributed by atoms with Gasteiger partial charge < -0.3 is 10.6 Å². The van der Waals surface area contributed by atoms with E-state index in [1.54, 1.807) is 0 Å². The maximum Gasteiger partial charge on any atom is 0.189 e. The van der Waals surface area contributed by atoms with E-state index in [2.05, 4.69) is 54.8 Å². The minimum atomic E-state index is 0.640. The van der Waals surface area contributed by atoms with E-state index in [0.29, 0.717) is 16.5 Å². The van der Waals surface area contributed by atoms with Crippen LogP contribution in [0.25, 0.3) is 10.3 Å². The van der Waals surface area contributed by atoms with Crippen molar-refractivity contribution in [2.24, 2.45) is 0 Å². The number of aromatic nitrogens is 4. The molecule has 3 heterocycles. The first-order valence-electron chi connectivity index (χ1n) is 9.62. The van der Waals surface area contributed by atoms with Gasteiger partial charge in [-0.25, -0.2) is 9.97 Å². The summed E-state index contributed by atoms with van der Waals surface area (Å²) in [7, 11) is 0. The van der Waals surface area contributed by atoms with Crippen LogP contribution in [0.5, 0.6) is 0 Å². The number of fused-ring (bicyclic) bond motifs is 1. The molecule has 0 aliphatic carbocycles. The largest absolute Gasteiger partial charge is 0.339 e. The van der Waals surface area contributed by atoms with Gasteiger partial charge in [0.05, 0.1) is 0 Å². The summed E-state index contributed by atoms with van der Waals surface area (Å²) >= 11 is 7.58. The SMILES string of the molecule is Clc1cccc(Nc2ncnc3nc(Nc4ccc(Cc5ccncc5)cc4)sc23)c1. The molecule has 0 radical (unpaired) electrons. The Morgan fingerprint density at radius 1 is 0.839 bits per heavy atom. The highest BCUT2D eigenvalue weighted by molar-refractivity contribution is 7.22. The van der Waals surface area contributed by atoms with E-state index in [0.717, 1.165) is 27.6 Å². The highest BCUT2D eigenvalue weighted by atomic mass is 35.5. The Morgan fingerprint density at radius 3 is 2.45 bits per heavy atom. The predicted octanol–water partition coefficient (Wildman–Crippen LogP) is 6.21. The van der Waals surface area contributed by atoms with E-state index in [-0.39, 0.29) is 0 Å². The van der Waals surface area contributed by atoms with Gasteiger partial charge in [0, 0.05) is 28.8 Å². The monoisotopic (exact) mass is 444 g/mol. The topological polar surface area (TPSA) is 75.6 Å². The summed E-state index contributed by atoms with van der Waals surface area (Å²) in [6.45, 7) is 0. The van der Waals surface area contributed by atoms with Gasteiger partial charge in [-0.3, -0.25) is 4.98 Å². The number of hydrogen-bond donors (Lipinski definition) is 2. The summed E-state index contributed by atoms with van der Waals surface area (Å²) in [6.07, 6.45) is 6.01. The van der Waals surface area contributed by atoms with Gasteiger partial charge in [-0.15, -0.1) is 0 Å². The zero-order valence-corrected chi connectivity index (χ0v) is 17.9. The van der Waals surface area contributed by atoms with E-state index in [9.17, 15) is 0 Å². The average Bonchev–Trinajstić information content (AvgIpc) is 3.19. The zero-order valence-electron chi connectivity index (χ0n) is 16.3. The lowest BCUT2D eigenvalue weighted by Gasteiger charge is -2.06. The highest BCUT2D eigenvalue weighted by Gasteiger charge is 2.11. The lowest BCUT2D eigenvalue weighted by Crippen LogP contribution is -1.94. The molecular weight excluding hydrogens is 428 g/mol. The standard InChI is InChI=1S/C23H17ClN6S/c24-17-2-1-3-19(13-17)28-21-20-22(27-14-26-21)30-23(31-20)29-18-6-4-15(5-7-18)12-16-8-10-25-11-9-16/h1-11,13-14H,12H2,(H2,26,27,28,29,30). The lowest BCUT2D eigenvalue weighted by molar-refractivity contribution is 1.16. The third-order valence-corrected chi connectivity index (χ3v) is 5.84. The Morgan fingerprint density at radius 2 is 1.65 bits per heavy atom. The van der Waals surface area contributed by atoms with Crippen molar-refractivity contribution in [3.05, 3.63) is 95.5 Å². The first-order valence-corrected chi connectivity index (χ1v) is 10.8. The van der Waals surface area contributed by atoms with Crippen LogP contribution in [0.15, 0.2) is 79.4 Å². The Kier molecular flexibility index (Phi) is 5.43. The second kappa shape index (κ2) is 8.67. The quantitative estimate of drug-likeness (QED) is 0.324. The van der Waals surface area contributed by atoms with Crippen LogP contribution in [0.2, 0.25) is 5.02 Å². The fraction of sp³-hybridized carbons (Fsp3) is 0.0435. The van der Waals surface area contributed by atoms with Crippen LogP contribution < -0.4 is 10.6 Å². The smallest absolute Gasteiger partial charge is 0.189 e. The van der Waals surface area contributed by atoms with Crippen LogP contribution in [0.1, 0.15) is 11.1 Å². The molecule has 0 unspecified atom stereocenters. The van der Waals surface area contributed by atoms with Crippen molar-refractivity contribution in [2.45, 2.75) is 6.42 Å². The van der Waals surface area contributed by atoms with Gasteiger partial charge in [-0.05, 0) is 60.0 Å². The van der Waals surface area contributed by atoms with Crippen LogP contribution in [0, 0.1) is 0 Å². The number of pyridine rings is 1. The van der Waals surface area contributed by atoms with Crippen LogP contribution in [0.3, 0.4) is 0 Å². The van der Waals surface area contributed by atoms with E-state index >= 15 is 0 Å². The molecule has 2 N–H and O–H groups in total. The Balaban J connectivity index is 1.34. The second-order valence-corrected chi connectivity index (χ2v) is 8.32. The van der Waals surface area contributed by atoms with Crippen LogP contribution in [-0.4, -0.2) is 19.9 Å². The number of benzene rings is 2. The molecule has 8 heteroatoms. The number of thiazole rings is 1. The molecule has 0 aliphatic rings. The molecule has 0 fully saturated rings. The first-order chi connectivity index (χ1) is 15.2. The van der Waals surface area contributed by atoms with E-state index in [4.69, 9.17) is 11.6 Å². The van der Waals surface area contributed by atoms with Crippen molar-refractivity contribution in [1.29, 1.82) is 0 Å². The Labute approximate surface area is 188 Å². The molecule has 0 aliphatic heterocycles. The van der Waals surface area contributed by atoms with Gasteiger partial charge >= 0.3 is 0 Å². The Bertz CT molecular complexity index is 1320. The van der Waals surface area contributed by atoms with Crippen LogP contribution >= 0.6 is 22.9 Å². The zero-order chi connectivity index (χ0) is 21.0. The molecule has 0 atom stereocenters. The molecule has 5 rings (SSSR count). The number of halogens is 1. The predicted molar refractivity (Wildman–Crippen MR) is 127 cm³/mol. The van der Waals surface area contributed by atoms with Gasteiger partial charge in [0.2, 0.25) is 0 Å². The number of anilines is 4. The maximum atomic E-state index is 6.08. The van der Waals surface area contributed by atoms with Crippen molar-refractivity contribution in [3.8, 4) is 0 Å². The fourth-order valence-electron chi connectivity index (χ4n) is 3.16. The molecular formula is C23H17ClN6S. The molecule has 31 heavy (non-hydrogen) atoms. The van der Waals surface area contributed by atoms with Crippen molar-refractivity contribution < 1.29 is 0 Å². The number of nitrogens with zero attached hydrogens (tertiary/aromatic N) is 4. The van der Waals surface area contributed by atoms with Crippen molar-refractivity contribution in [3.63, 3.8) is 0 Å². The molecule has 0 saturated heterocycles. The highest BCUT2D eigenvalue weighted by Crippen LogP contribution is 2.33. The van der Waals surface area contributed by atoms with E-state index < -0.39 is 0 Å². The molecule has 152 valence electrons. The first kappa shape index (κ1) is 19.4. The summed E-state index contributed by atoms with van der Waals surface area (Å²) in [4.78, 5) is 17.3. The molecule has 0 saturated carbocycles. The van der Waals surface area contributed by atoms with Gasteiger partial charge in [-0.1, -0.05) is 41.1 Å². The molecule has 6 nitrogen and oxygen atoms in total. The number of rotatable bonds is 6. The Hall–Kier alpha value is -3.55. The number of nitrogens with one attached hydrogen (secondary N) is 2. The van der Waals surface area contributed by atoms with Crippen molar-refractivity contribution in [2.75, 3.05) is 10.6 Å². The molecule has 2 aromatic carbocycles. The second-order valence-electron chi connectivity index (χ2n) is 6.88. The molecule has 5 aromatic rings. The minimum absolute atomic E-state index is 0.640. The molecule has 0 amide bonds. The summed E-state index contributed by atoms with van der Waals surface area (Å²) in [6, 6.07) is 19.9.